The van der Waals surface area contributed by atoms with Crippen molar-refractivity contribution < 1.29 is 5.11 Å². The summed E-state index contributed by atoms with van der Waals surface area (Å²) >= 11 is 0. The molecule has 0 spiro atoms. The van der Waals surface area contributed by atoms with Crippen LogP contribution in [0.2, 0.25) is 0 Å². The summed E-state index contributed by atoms with van der Waals surface area (Å²) in [6.45, 7) is 2.29. The first-order chi connectivity index (χ1) is 8.47. The van der Waals surface area contributed by atoms with E-state index in [1.54, 1.807) is 10.9 Å². The molecule has 3 unspecified atom stereocenters. The molecule has 4 heteroatoms. The van der Waals surface area contributed by atoms with Gasteiger partial charge in [0.05, 0.1) is 11.2 Å². The number of aliphatic hydroxyl groups excluding tert-OH is 1. The molecular weight excluding hydrogens is 226 g/mol. The van der Waals surface area contributed by atoms with Gasteiger partial charge >= 0.3 is 0 Å². The highest BCUT2D eigenvalue weighted by molar-refractivity contribution is 5.13. The molecule has 1 aliphatic carbocycles. The second kappa shape index (κ2) is 5.02. The molecular formula is C14H25N3O. The molecule has 0 aliphatic heterocycles. The number of rotatable bonds is 3. The summed E-state index contributed by atoms with van der Waals surface area (Å²) in [5.41, 5.74) is 0.767. The van der Waals surface area contributed by atoms with Gasteiger partial charge in [-0.1, -0.05) is 19.8 Å². The van der Waals surface area contributed by atoms with Crippen LogP contribution >= 0.6 is 0 Å². The van der Waals surface area contributed by atoms with Crippen LogP contribution in [0, 0.1) is 5.92 Å². The Labute approximate surface area is 110 Å². The van der Waals surface area contributed by atoms with Crippen molar-refractivity contribution in [1.82, 2.24) is 14.7 Å². The number of likely N-dealkylation sites (N-methyl/N-ethyl adjacent to an activating group) is 1. The lowest BCUT2D eigenvalue weighted by Crippen LogP contribution is -2.52. The van der Waals surface area contributed by atoms with Gasteiger partial charge in [0.1, 0.15) is 6.10 Å². The van der Waals surface area contributed by atoms with Gasteiger partial charge in [0.15, 0.2) is 0 Å². The average molecular weight is 251 g/mol. The first-order valence-corrected chi connectivity index (χ1v) is 6.81. The summed E-state index contributed by atoms with van der Waals surface area (Å²) in [7, 11) is 6.06. The number of nitrogens with zero attached hydrogens (tertiary/aromatic N) is 3. The fourth-order valence-electron chi connectivity index (χ4n) is 3.39. The third kappa shape index (κ3) is 2.19. The molecule has 2 rings (SSSR count). The highest BCUT2D eigenvalue weighted by atomic mass is 16.3. The Bertz CT molecular complexity index is 401. The monoisotopic (exact) mass is 251 g/mol. The standard InChI is InChI=1S/C14H25N3O/c1-11-6-5-8-14(10-11,16(2)3)13(18)12-7-9-15-17(12)4/h7,9,11,13,18H,5-6,8,10H2,1-4H3. The van der Waals surface area contributed by atoms with Gasteiger partial charge in [-0.05, 0) is 38.9 Å². The Morgan fingerprint density at radius 2 is 2.28 bits per heavy atom. The van der Waals surface area contributed by atoms with Gasteiger partial charge in [-0.25, -0.2) is 0 Å². The summed E-state index contributed by atoms with van der Waals surface area (Å²) in [6, 6.07) is 1.93. The molecule has 102 valence electrons. The van der Waals surface area contributed by atoms with Gasteiger partial charge in [0.25, 0.3) is 0 Å². The fraction of sp³-hybridized carbons (Fsp3) is 0.786. The molecule has 0 radical (unpaired) electrons. The predicted molar refractivity (Wildman–Crippen MR) is 72.2 cm³/mol. The van der Waals surface area contributed by atoms with Crippen molar-refractivity contribution >= 4 is 0 Å². The Kier molecular flexibility index (Phi) is 3.78. The van der Waals surface area contributed by atoms with Crippen LogP contribution in [0.5, 0.6) is 0 Å². The van der Waals surface area contributed by atoms with E-state index in [4.69, 9.17) is 0 Å². The number of hydrogen-bond acceptors (Lipinski definition) is 3. The van der Waals surface area contributed by atoms with Gasteiger partial charge in [-0.2, -0.15) is 5.10 Å². The smallest absolute Gasteiger partial charge is 0.114 e. The Hall–Kier alpha value is -0.870. The number of aryl methyl sites for hydroxylation is 1. The van der Waals surface area contributed by atoms with Gasteiger partial charge in [-0.15, -0.1) is 0 Å². The van der Waals surface area contributed by atoms with E-state index in [-0.39, 0.29) is 5.54 Å². The van der Waals surface area contributed by atoms with E-state index in [2.05, 4.69) is 31.0 Å². The predicted octanol–water partition coefficient (Wildman–Crippen LogP) is 1.96. The zero-order chi connectivity index (χ0) is 13.3. The van der Waals surface area contributed by atoms with Gasteiger partial charge in [-0.3, -0.25) is 4.68 Å². The first-order valence-electron chi connectivity index (χ1n) is 6.81. The molecule has 1 fully saturated rings. The number of hydrogen-bond donors (Lipinski definition) is 1. The lowest BCUT2D eigenvalue weighted by Gasteiger charge is -2.48. The second-order valence-electron chi connectivity index (χ2n) is 5.98. The van der Waals surface area contributed by atoms with Crippen molar-refractivity contribution in [3.8, 4) is 0 Å². The van der Waals surface area contributed by atoms with Crippen molar-refractivity contribution in [3.63, 3.8) is 0 Å². The van der Waals surface area contributed by atoms with Crippen LogP contribution in [0.3, 0.4) is 0 Å². The summed E-state index contributed by atoms with van der Waals surface area (Å²) in [4.78, 5) is 2.21. The van der Waals surface area contributed by atoms with Crippen LogP contribution in [0.25, 0.3) is 0 Å². The number of aliphatic hydroxyl groups is 1. The summed E-state index contributed by atoms with van der Waals surface area (Å²) in [6.07, 6.45) is 5.85. The summed E-state index contributed by atoms with van der Waals surface area (Å²) < 4.78 is 1.79. The molecule has 3 atom stereocenters. The molecule has 1 aromatic rings. The maximum Gasteiger partial charge on any atom is 0.114 e. The summed E-state index contributed by atoms with van der Waals surface area (Å²) in [5, 5.41) is 15.0. The van der Waals surface area contributed by atoms with Crippen molar-refractivity contribution in [1.29, 1.82) is 0 Å². The van der Waals surface area contributed by atoms with Crippen molar-refractivity contribution in [2.45, 2.75) is 44.2 Å². The zero-order valence-corrected chi connectivity index (χ0v) is 11.9. The fourth-order valence-corrected chi connectivity index (χ4v) is 3.39. The maximum atomic E-state index is 10.9. The Morgan fingerprint density at radius 1 is 1.56 bits per heavy atom. The van der Waals surface area contributed by atoms with E-state index in [0.717, 1.165) is 18.5 Å². The van der Waals surface area contributed by atoms with Crippen LogP contribution in [-0.2, 0) is 7.05 Å². The maximum absolute atomic E-state index is 10.9. The van der Waals surface area contributed by atoms with Crippen LogP contribution in [0.15, 0.2) is 12.3 Å². The topological polar surface area (TPSA) is 41.3 Å². The average Bonchev–Trinajstić information content (AvgIpc) is 2.74. The second-order valence-corrected chi connectivity index (χ2v) is 5.98. The highest BCUT2D eigenvalue weighted by Gasteiger charge is 2.44. The van der Waals surface area contributed by atoms with E-state index >= 15 is 0 Å². The first kappa shape index (κ1) is 13.6. The molecule has 1 heterocycles. The van der Waals surface area contributed by atoms with E-state index in [1.165, 1.54) is 12.8 Å². The Balaban J connectivity index is 2.33. The lowest BCUT2D eigenvalue weighted by molar-refractivity contribution is -0.0487. The SMILES string of the molecule is CC1CCCC(C(O)c2ccnn2C)(N(C)C)C1. The van der Waals surface area contributed by atoms with Crippen LogP contribution < -0.4 is 0 Å². The van der Waals surface area contributed by atoms with Gasteiger partial charge in [0.2, 0.25) is 0 Å². The van der Waals surface area contributed by atoms with E-state index in [9.17, 15) is 5.11 Å². The lowest BCUT2D eigenvalue weighted by atomic mass is 9.71. The van der Waals surface area contributed by atoms with Crippen molar-refractivity contribution in [2.75, 3.05) is 14.1 Å². The third-order valence-corrected chi connectivity index (χ3v) is 4.55. The number of aromatic nitrogens is 2. The van der Waals surface area contributed by atoms with Gasteiger partial charge in [0, 0.05) is 13.2 Å². The van der Waals surface area contributed by atoms with Crippen LogP contribution in [0.1, 0.15) is 44.4 Å². The minimum atomic E-state index is -0.470. The molecule has 18 heavy (non-hydrogen) atoms. The molecule has 0 bridgehead atoms. The van der Waals surface area contributed by atoms with E-state index in [1.807, 2.05) is 13.1 Å². The Morgan fingerprint density at radius 3 is 2.78 bits per heavy atom. The highest BCUT2D eigenvalue weighted by Crippen LogP contribution is 2.43. The van der Waals surface area contributed by atoms with Crippen molar-refractivity contribution in [2.24, 2.45) is 13.0 Å². The molecule has 0 amide bonds. The largest absolute Gasteiger partial charge is 0.385 e. The van der Waals surface area contributed by atoms with Gasteiger partial charge < -0.3 is 10.0 Å². The normalized spacial score (nSPS) is 30.7. The summed E-state index contributed by atoms with van der Waals surface area (Å²) in [5.74, 6) is 0.670. The zero-order valence-electron chi connectivity index (χ0n) is 11.9. The molecule has 1 aliphatic rings. The molecule has 1 saturated carbocycles. The quantitative estimate of drug-likeness (QED) is 0.893. The minimum absolute atomic E-state index is 0.147. The molecule has 4 nitrogen and oxygen atoms in total. The van der Waals surface area contributed by atoms with Crippen LogP contribution in [0.4, 0.5) is 0 Å². The minimum Gasteiger partial charge on any atom is -0.385 e. The van der Waals surface area contributed by atoms with E-state index in [0.29, 0.717) is 5.92 Å². The van der Waals surface area contributed by atoms with Crippen LogP contribution in [-0.4, -0.2) is 39.4 Å². The molecule has 0 saturated heterocycles. The molecule has 0 aromatic carbocycles. The van der Waals surface area contributed by atoms with Crippen molar-refractivity contribution in [3.05, 3.63) is 18.0 Å². The molecule has 1 N–H and O–H groups in total. The molecule has 1 aromatic heterocycles. The van der Waals surface area contributed by atoms with E-state index < -0.39 is 6.10 Å². The third-order valence-electron chi connectivity index (χ3n) is 4.55.